The van der Waals surface area contributed by atoms with Crippen molar-refractivity contribution >= 4 is 40.2 Å². The number of hydrogen-bond donors (Lipinski definition) is 0. The van der Waals surface area contributed by atoms with Crippen molar-refractivity contribution in [2.45, 2.75) is 0 Å². The van der Waals surface area contributed by atoms with E-state index in [1.54, 1.807) is 0 Å². The van der Waals surface area contributed by atoms with Gasteiger partial charge in [0.1, 0.15) is 0 Å². The van der Waals surface area contributed by atoms with Gasteiger partial charge in [-0.25, -0.2) is 0 Å². The number of thiophene rings is 1. The van der Waals surface area contributed by atoms with E-state index < -0.39 is 0 Å². The summed E-state index contributed by atoms with van der Waals surface area (Å²) in [7, 11) is 0. The molecule has 0 aliphatic carbocycles. The summed E-state index contributed by atoms with van der Waals surface area (Å²) in [5.74, 6) is 0. The Balaban J connectivity index is 3.00. The van der Waals surface area contributed by atoms with Crippen LogP contribution in [0.3, 0.4) is 0 Å². The fraction of sp³-hybridized carbons (Fsp3) is 0. The lowest BCUT2D eigenvalue weighted by atomic mass is 10.5. The number of aldehydes is 1. The molecule has 0 aromatic carbocycles. The molecule has 0 saturated heterocycles. The maximum atomic E-state index is 10.0. The van der Waals surface area contributed by atoms with Crippen molar-refractivity contribution in [3.05, 3.63) is 19.9 Å². The first kappa shape index (κ1) is 6.22. The third-order valence-corrected chi connectivity index (χ3v) is 2.61. The molecule has 1 nitrogen and oxygen atoms in total. The zero-order chi connectivity index (χ0) is 5.98. The number of carbonyl (C=O) groups is 1. The number of hydrogen-bond acceptors (Lipinski definition) is 2. The fourth-order valence-corrected chi connectivity index (χ4v) is 1.89. The summed E-state index contributed by atoms with van der Waals surface area (Å²) in [6.07, 6.45) is 0.868. The predicted molar refractivity (Wildman–Crippen MR) is 42.4 cm³/mol. The third-order valence-electron chi connectivity index (χ3n) is 0.704. The van der Waals surface area contributed by atoms with Gasteiger partial charge in [0.25, 0.3) is 0 Å². The van der Waals surface area contributed by atoms with E-state index in [-0.39, 0.29) is 0 Å². The molecule has 1 heterocycles. The zero-order valence-electron chi connectivity index (χ0n) is 3.93. The highest BCUT2D eigenvalue weighted by Gasteiger charge is 1.91. The topological polar surface area (TPSA) is 17.1 Å². The van der Waals surface area contributed by atoms with Crippen LogP contribution in [0.1, 0.15) is 9.67 Å². The smallest absolute Gasteiger partial charge is 0.160 e. The highest BCUT2D eigenvalue weighted by Crippen LogP contribution is 2.13. The SMILES string of the molecule is O=Cc1cc(I)cs1. The van der Waals surface area contributed by atoms with Crippen LogP contribution < -0.4 is 0 Å². The molecule has 0 amide bonds. The summed E-state index contributed by atoms with van der Waals surface area (Å²) in [6, 6.07) is 1.86. The van der Waals surface area contributed by atoms with E-state index in [1.807, 2.05) is 11.4 Å². The van der Waals surface area contributed by atoms with Gasteiger partial charge in [-0.05, 0) is 28.7 Å². The van der Waals surface area contributed by atoms with Crippen molar-refractivity contribution in [2.75, 3.05) is 0 Å². The average molecular weight is 238 g/mol. The van der Waals surface area contributed by atoms with Crippen LogP contribution in [-0.4, -0.2) is 6.29 Å². The van der Waals surface area contributed by atoms with Gasteiger partial charge >= 0.3 is 0 Å². The molecule has 0 aliphatic rings. The predicted octanol–water partition coefficient (Wildman–Crippen LogP) is 2.17. The van der Waals surface area contributed by atoms with Gasteiger partial charge in [0.2, 0.25) is 0 Å². The van der Waals surface area contributed by atoms with Crippen LogP contribution in [-0.2, 0) is 0 Å². The van der Waals surface area contributed by atoms with Gasteiger partial charge in [0.15, 0.2) is 6.29 Å². The normalized spacial score (nSPS) is 9.12. The molecule has 0 fully saturated rings. The highest BCUT2D eigenvalue weighted by atomic mass is 127. The van der Waals surface area contributed by atoms with Crippen LogP contribution >= 0.6 is 33.9 Å². The monoisotopic (exact) mass is 238 g/mol. The molecule has 0 bridgehead atoms. The van der Waals surface area contributed by atoms with Crippen LogP contribution in [0.15, 0.2) is 11.4 Å². The minimum atomic E-state index is 0.800. The quantitative estimate of drug-likeness (QED) is 0.541. The summed E-state index contributed by atoms with van der Waals surface area (Å²) in [4.78, 5) is 10.8. The first-order valence-electron chi connectivity index (χ1n) is 2.02. The maximum Gasteiger partial charge on any atom is 0.160 e. The van der Waals surface area contributed by atoms with Crippen LogP contribution in [0.4, 0.5) is 0 Å². The van der Waals surface area contributed by atoms with Crippen molar-refractivity contribution in [3.8, 4) is 0 Å². The Labute approximate surface area is 64.9 Å². The van der Waals surface area contributed by atoms with Gasteiger partial charge in [-0.1, -0.05) is 0 Å². The van der Waals surface area contributed by atoms with E-state index in [4.69, 9.17) is 0 Å². The van der Waals surface area contributed by atoms with Crippen molar-refractivity contribution < 1.29 is 4.79 Å². The van der Waals surface area contributed by atoms with Crippen LogP contribution in [0, 0.1) is 3.57 Å². The number of halogens is 1. The Morgan fingerprint density at radius 1 is 1.75 bits per heavy atom. The molecule has 0 unspecified atom stereocenters. The summed E-state index contributed by atoms with van der Waals surface area (Å²) in [6.45, 7) is 0. The van der Waals surface area contributed by atoms with Gasteiger partial charge in [0, 0.05) is 8.95 Å². The fourth-order valence-electron chi connectivity index (χ4n) is 0.390. The first-order valence-corrected chi connectivity index (χ1v) is 3.98. The Bertz CT molecular complexity index is 194. The van der Waals surface area contributed by atoms with Crippen LogP contribution in [0.5, 0.6) is 0 Å². The zero-order valence-corrected chi connectivity index (χ0v) is 6.90. The summed E-state index contributed by atoms with van der Waals surface area (Å²) in [5.41, 5.74) is 0. The molecular weight excluding hydrogens is 235 g/mol. The first-order chi connectivity index (χ1) is 3.83. The molecule has 0 spiro atoms. The molecule has 0 saturated carbocycles. The standard InChI is InChI=1S/C5H3IOS/c6-4-1-5(2-7)8-3-4/h1-3H. The van der Waals surface area contributed by atoms with E-state index in [1.165, 1.54) is 11.3 Å². The third kappa shape index (κ3) is 1.29. The lowest BCUT2D eigenvalue weighted by Crippen LogP contribution is -1.63. The van der Waals surface area contributed by atoms with Crippen molar-refractivity contribution in [2.24, 2.45) is 0 Å². The summed E-state index contributed by atoms with van der Waals surface area (Å²) >= 11 is 3.65. The van der Waals surface area contributed by atoms with Crippen LogP contribution in [0.2, 0.25) is 0 Å². The lowest BCUT2D eigenvalue weighted by Gasteiger charge is -1.68. The Morgan fingerprint density at radius 3 is 2.75 bits per heavy atom. The van der Waals surface area contributed by atoms with Crippen molar-refractivity contribution in [1.82, 2.24) is 0 Å². The Hall–Kier alpha value is 0.1000. The van der Waals surface area contributed by atoms with Gasteiger partial charge in [0.05, 0.1) is 4.88 Å². The Morgan fingerprint density at radius 2 is 2.50 bits per heavy atom. The second kappa shape index (κ2) is 2.59. The molecule has 0 radical (unpaired) electrons. The van der Waals surface area contributed by atoms with Gasteiger partial charge in [-0.15, -0.1) is 11.3 Å². The molecule has 1 aromatic heterocycles. The molecule has 0 N–H and O–H groups in total. The molecule has 0 atom stereocenters. The second-order valence-electron chi connectivity index (χ2n) is 1.29. The molecule has 3 heteroatoms. The largest absolute Gasteiger partial charge is 0.297 e. The van der Waals surface area contributed by atoms with E-state index in [0.717, 1.165) is 14.7 Å². The van der Waals surface area contributed by atoms with E-state index >= 15 is 0 Å². The van der Waals surface area contributed by atoms with E-state index in [9.17, 15) is 4.79 Å². The average Bonchev–Trinajstić information content (AvgIpc) is 2.14. The molecule has 42 valence electrons. The van der Waals surface area contributed by atoms with Crippen molar-refractivity contribution in [1.29, 1.82) is 0 Å². The molecule has 8 heavy (non-hydrogen) atoms. The Kier molecular flexibility index (Phi) is 2.01. The molecule has 1 rings (SSSR count). The van der Waals surface area contributed by atoms with Gasteiger partial charge in [-0.2, -0.15) is 0 Å². The number of carbonyl (C=O) groups excluding carboxylic acids is 1. The summed E-state index contributed by atoms with van der Waals surface area (Å²) in [5, 5.41) is 1.95. The van der Waals surface area contributed by atoms with Crippen LogP contribution in [0.25, 0.3) is 0 Å². The minimum absolute atomic E-state index is 0.800. The van der Waals surface area contributed by atoms with Gasteiger partial charge in [-0.3, -0.25) is 4.79 Å². The van der Waals surface area contributed by atoms with E-state index in [0.29, 0.717) is 0 Å². The lowest BCUT2D eigenvalue weighted by molar-refractivity contribution is 0.112. The number of rotatable bonds is 1. The molecule has 0 aliphatic heterocycles. The second-order valence-corrected chi connectivity index (χ2v) is 3.47. The summed E-state index contributed by atoms with van der Waals surface area (Å²) < 4.78 is 1.13. The highest BCUT2D eigenvalue weighted by molar-refractivity contribution is 14.1. The van der Waals surface area contributed by atoms with Crippen molar-refractivity contribution in [3.63, 3.8) is 0 Å². The minimum Gasteiger partial charge on any atom is -0.297 e. The molecular formula is C5H3IOS. The van der Waals surface area contributed by atoms with E-state index in [2.05, 4.69) is 22.6 Å². The van der Waals surface area contributed by atoms with Gasteiger partial charge < -0.3 is 0 Å². The maximum absolute atomic E-state index is 10.0. The molecule has 1 aromatic rings.